The average molecular weight is 367 g/mol. The van der Waals surface area contributed by atoms with E-state index in [0.29, 0.717) is 25.6 Å². The van der Waals surface area contributed by atoms with Crippen LogP contribution in [0.15, 0.2) is 49.1 Å². The van der Waals surface area contributed by atoms with Gasteiger partial charge in [0.25, 0.3) is 0 Å². The lowest BCUT2D eigenvalue weighted by atomic mass is 10.1. The number of amides is 2. The van der Waals surface area contributed by atoms with Crippen molar-refractivity contribution in [3.63, 3.8) is 0 Å². The summed E-state index contributed by atoms with van der Waals surface area (Å²) in [6.07, 6.45) is 5.99. The Labute approximate surface area is 158 Å². The molecule has 3 rings (SSSR count). The Morgan fingerprint density at radius 2 is 2.07 bits per heavy atom. The van der Waals surface area contributed by atoms with Gasteiger partial charge in [0.1, 0.15) is 12.2 Å². The van der Waals surface area contributed by atoms with Crippen LogP contribution >= 0.6 is 0 Å². The van der Waals surface area contributed by atoms with Crippen molar-refractivity contribution in [3.05, 3.63) is 60.4 Å². The van der Waals surface area contributed by atoms with Crippen LogP contribution in [0.5, 0.6) is 0 Å². The molecule has 0 radical (unpaired) electrons. The first-order chi connectivity index (χ1) is 13.1. The van der Waals surface area contributed by atoms with Crippen LogP contribution in [-0.4, -0.2) is 49.1 Å². The van der Waals surface area contributed by atoms with Crippen LogP contribution in [0.1, 0.15) is 31.3 Å². The van der Waals surface area contributed by atoms with E-state index in [0.717, 1.165) is 17.1 Å². The molecule has 0 aliphatic heterocycles. The van der Waals surface area contributed by atoms with Gasteiger partial charge in [0, 0.05) is 45.0 Å². The summed E-state index contributed by atoms with van der Waals surface area (Å²) in [6.45, 7) is 5.16. The molecule has 0 saturated heterocycles. The van der Waals surface area contributed by atoms with Crippen molar-refractivity contribution in [1.29, 1.82) is 0 Å². The predicted molar refractivity (Wildman–Crippen MR) is 103 cm³/mol. The zero-order valence-electron chi connectivity index (χ0n) is 15.9. The second kappa shape index (κ2) is 8.48. The molecular formula is C19H25N7O. The molecule has 2 heterocycles. The van der Waals surface area contributed by atoms with Gasteiger partial charge < -0.3 is 14.8 Å². The van der Waals surface area contributed by atoms with Gasteiger partial charge in [-0.1, -0.05) is 18.2 Å². The van der Waals surface area contributed by atoms with Crippen molar-refractivity contribution in [1.82, 2.24) is 34.8 Å². The van der Waals surface area contributed by atoms with Crippen molar-refractivity contribution >= 4 is 6.03 Å². The highest BCUT2D eigenvalue weighted by Gasteiger charge is 2.13. The third kappa shape index (κ3) is 4.52. The van der Waals surface area contributed by atoms with E-state index in [1.807, 2.05) is 41.1 Å². The van der Waals surface area contributed by atoms with E-state index in [1.54, 1.807) is 29.2 Å². The Bertz CT molecular complexity index is 870. The molecule has 0 atom stereocenters. The summed E-state index contributed by atoms with van der Waals surface area (Å²) in [4.78, 5) is 14.1. The number of benzene rings is 1. The minimum Gasteiger partial charge on any atom is -0.338 e. The number of rotatable bonds is 7. The molecule has 1 N–H and O–H groups in total. The molecule has 8 heteroatoms. The molecule has 0 saturated carbocycles. The van der Waals surface area contributed by atoms with Gasteiger partial charge in [-0.3, -0.25) is 0 Å². The van der Waals surface area contributed by atoms with Crippen molar-refractivity contribution in [2.45, 2.75) is 32.9 Å². The number of nitrogens with one attached hydrogen (secondary N) is 1. The lowest BCUT2D eigenvalue weighted by Gasteiger charge is -2.20. The van der Waals surface area contributed by atoms with Crippen LogP contribution in [0.3, 0.4) is 0 Å². The normalized spacial score (nSPS) is 11.0. The molecule has 0 aliphatic rings. The van der Waals surface area contributed by atoms with Crippen LogP contribution in [0.25, 0.3) is 5.69 Å². The largest absolute Gasteiger partial charge is 0.338 e. The number of aromatic nitrogens is 5. The molecule has 27 heavy (non-hydrogen) atoms. The van der Waals surface area contributed by atoms with Crippen molar-refractivity contribution < 1.29 is 4.79 Å². The maximum atomic E-state index is 12.4. The number of nitrogens with zero attached hydrogens (tertiary/aromatic N) is 6. The molecule has 0 unspecified atom stereocenters. The predicted octanol–water partition coefficient (Wildman–Crippen LogP) is 2.43. The molecule has 2 aromatic heterocycles. The van der Waals surface area contributed by atoms with Gasteiger partial charge in [0.15, 0.2) is 0 Å². The van der Waals surface area contributed by atoms with Crippen molar-refractivity contribution in [2.24, 2.45) is 0 Å². The topological polar surface area (TPSA) is 80.9 Å². The number of hydrogen-bond donors (Lipinski definition) is 1. The molecule has 2 amide bonds. The fraction of sp³-hybridized carbons (Fsp3) is 0.368. The summed E-state index contributed by atoms with van der Waals surface area (Å²) in [6, 6.07) is 9.98. The second-order valence-corrected chi connectivity index (χ2v) is 6.67. The Hall–Kier alpha value is -3.16. The first-order valence-corrected chi connectivity index (χ1v) is 9.01. The molecule has 8 nitrogen and oxygen atoms in total. The lowest BCUT2D eigenvalue weighted by Crippen LogP contribution is -2.38. The maximum Gasteiger partial charge on any atom is 0.317 e. The van der Waals surface area contributed by atoms with Crippen LogP contribution in [0, 0.1) is 0 Å². The molecular weight excluding hydrogens is 342 g/mol. The highest BCUT2D eigenvalue weighted by molar-refractivity contribution is 5.74. The molecule has 0 spiro atoms. The van der Waals surface area contributed by atoms with Gasteiger partial charge in [-0.25, -0.2) is 9.48 Å². The van der Waals surface area contributed by atoms with E-state index >= 15 is 0 Å². The van der Waals surface area contributed by atoms with E-state index in [2.05, 4.69) is 34.5 Å². The minimum absolute atomic E-state index is 0.124. The highest BCUT2D eigenvalue weighted by Crippen LogP contribution is 2.15. The Morgan fingerprint density at radius 3 is 2.81 bits per heavy atom. The lowest BCUT2D eigenvalue weighted by molar-refractivity contribution is 0.207. The summed E-state index contributed by atoms with van der Waals surface area (Å²) >= 11 is 0. The maximum absolute atomic E-state index is 12.4. The Kier molecular flexibility index (Phi) is 5.85. The zero-order valence-corrected chi connectivity index (χ0v) is 15.9. The summed E-state index contributed by atoms with van der Waals surface area (Å²) < 4.78 is 3.82. The van der Waals surface area contributed by atoms with Crippen molar-refractivity contribution in [2.75, 3.05) is 13.6 Å². The summed E-state index contributed by atoms with van der Waals surface area (Å²) in [7, 11) is 1.78. The SMILES string of the molecule is CC(C)n1cnnc1CCNC(=O)N(C)Cc1ccccc1-n1cccn1. The second-order valence-electron chi connectivity index (χ2n) is 6.67. The third-order valence-electron chi connectivity index (χ3n) is 4.33. The summed E-state index contributed by atoms with van der Waals surface area (Å²) in [5.41, 5.74) is 1.99. The molecule has 0 fully saturated rings. The van der Waals surface area contributed by atoms with Crippen molar-refractivity contribution in [3.8, 4) is 5.69 Å². The number of hydrogen-bond acceptors (Lipinski definition) is 4. The number of urea groups is 1. The van der Waals surface area contributed by atoms with E-state index in [9.17, 15) is 4.79 Å². The number of carbonyl (C=O) groups excluding carboxylic acids is 1. The van der Waals surface area contributed by atoms with Gasteiger partial charge in [-0.05, 0) is 31.5 Å². The fourth-order valence-electron chi connectivity index (χ4n) is 2.90. The molecule has 3 aromatic rings. The smallest absolute Gasteiger partial charge is 0.317 e. The minimum atomic E-state index is -0.124. The van der Waals surface area contributed by atoms with Crippen LogP contribution in [0.2, 0.25) is 0 Å². The van der Waals surface area contributed by atoms with E-state index in [4.69, 9.17) is 0 Å². The van der Waals surface area contributed by atoms with Gasteiger partial charge in [-0.15, -0.1) is 10.2 Å². The van der Waals surface area contributed by atoms with Gasteiger partial charge in [-0.2, -0.15) is 5.10 Å². The van der Waals surface area contributed by atoms with Crippen LogP contribution in [-0.2, 0) is 13.0 Å². The van der Waals surface area contributed by atoms with E-state index in [1.165, 1.54) is 0 Å². The first-order valence-electron chi connectivity index (χ1n) is 9.01. The molecule has 0 bridgehead atoms. The first kappa shape index (κ1) is 18.6. The number of para-hydroxylation sites is 1. The highest BCUT2D eigenvalue weighted by atomic mass is 16.2. The Balaban J connectivity index is 1.56. The number of carbonyl (C=O) groups is 1. The molecule has 1 aromatic carbocycles. The van der Waals surface area contributed by atoms with Crippen LogP contribution in [0.4, 0.5) is 4.79 Å². The summed E-state index contributed by atoms with van der Waals surface area (Å²) in [5, 5.41) is 15.3. The molecule has 142 valence electrons. The monoisotopic (exact) mass is 367 g/mol. The standard InChI is InChI=1S/C19H25N7O/c1-15(2)25-14-21-23-18(25)9-11-20-19(27)24(3)13-16-7-4-5-8-17(16)26-12-6-10-22-26/h4-8,10,12,14-15H,9,11,13H2,1-3H3,(H,20,27). The third-order valence-corrected chi connectivity index (χ3v) is 4.33. The quantitative estimate of drug-likeness (QED) is 0.695. The van der Waals surface area contributed by atoms with Crippen LogP contribution < -0.4 is 5.32 Å². The van der Waals surface area contributed by atoms with Gasteiger partial charge in [0.2, 0.25) is 0 Å². The average Bonchev–Trinajstić information content (AvgIpc) is 3.34. The van der Waals surface area contributed by atoms with Gasteiger partial charge >= 0.3 is 6.03 Å². The summed E-state index contributed by atoms with van der Waals surface area (Å²) in [5.74, 6) is 0.872. The van der Waals surface area contributed by atoms with E-state index in [-0.39, 0.29) is 6.03 Å². The van der Waals surface area contributed by atoms with E-state index < -0.39 is 0 Å². The zero-order chi connectivity index (χ0) is 19.2. The fourth-order valence-corrected chi connectivity index (χ4v) is 2.90. The van der Waals surface area contributed by atoms with Gasteiger partial charge in [0.05, 0.1) is 5.69 Å². The molecule has 0 aliphatic carbocycles. The Morgan fingerprint density at radius 1 is 1.26 bits per heavy atom.